The molecule has 1 heterocycles. The summed E-state index contributed by atoms with van der Waals surface area (Å²) < 4.78 is 11.7. The molecular weight excluding hydrogens is 545 g/mol. The Kier molecular flexibility index (Phi) is 6.62. The molecule has 7 heteroatoms. The van der Waals surface area contributed by atoms with E-state index in [2.05, 4.69) is 17.4 Å². The van der Waals surface area contributed by atoms with Crippen LogP contribution in [0.4, 0.5) is 4.79 Å². The zero-order valence-corrected chi connectivity index (χ0v) is 22.1. The van der Waals surface area contributed by atoms with Crippen LogP contribution in [0.2, 0.25) is 5.32 Å². The number of fused-ring (bicyclic) bond motifs is 5. The first-order chi connectivity index (χ1) is 18.6. The Morgan fingerprint density at radius 1 is 0.789 bits per heavy atom. The van der Waals surface area contributed by atoms with E-state index in [-0.39, 0.29) is 32.3 Å². The molecule has 0 saturated heterocycles. The minimum absolute atomic E-state index is 0.0230. The summed E-state index contributed by atoms with van der Waals surface area (Å²) in [7, 11) is 0. The van der Waals surface area contributed by atoms with Gasteiger partial charge in [-0.05, 0) is 0 Å². The molecule has 0 spiro atoms. The van der Waals surface area contributed by atoms with Crippen LogP contribution in [0, 0.1) is 0 Å². The van der Waals surface area contributed by atoms with Gasteiger partial charge in [-0.2, -0.15) is 0 Å². The number of carboxylic acid groups (broad SMARTS) is 1. The van der Waals surface area contributed by atoms with Crippen molar-refractivity contribution < 1.29 is 24.2 Å². The van der Waals surface area contributed by atoms with Crippen LogP contribution < -0.4 is 10.1 Å². The van der Waals surface area contributed by atoms with E-state index in [9.17, 15) is 14.7 Å². The van der Waals surface area contributed by atoms with Gasteiger partial charge in [0.2, 0.25) is 0 Å². The van der Waals surface area contributed by atoms with Gasteiger partial charge in [0.1, 0.15) is 0 Å². The Balaban J connectivity index is 1.13. The van der Waals surface area contributed by atoms with Crippen LogP contribution in [0.15, 0.2) is 97.1 Å². The molecule has 1 atom stereocenters. The number of aliphatic carboxylic acids is 1. The summed E-state index contributed by atoms with van der Waals surface area (Å²) in [6.07, 6.45) is -0.720. The molecule has 1 aliphatic carbocycles. The third kappa shape index (κ3) is 4.55. The van der Waals surface area contributed by atoms with Crippen LogP contribution in [-0.4, -0.2) is 44.8 Å². The molecule has 0 saturated carbocycles. The number of hydrogen-bond donors (Lipinski definition) is 2. The van der Waals surface area contributed by atoms with Crippen LogP contribution in [-0.2, 0) is 9.53 Å². The SMILES string of the molecule is O=C(NC(C[Se]C1c2ccccc2Oc2ccccc21)C(=O)O)OCC1c2ccccc2-c2ccccc21. The average molecular weight is 571 g/mol. The summed E-state index contributed by atoms with van der Waals surface area (Å²) in [5.74, 6) is 0.411. The molecule has 0 aromatic heterocycles. The monoisotopic (exact) mass is 571 g/mol. The van der Waals surface area contributed by atoms with Crippen molar-refractivity contribution >= 4 is 27.0 Å². The third-order valence-electron chi connectivity index (χ3n) is 6.99. The summed E-state index contributed by atoms with van der Waals surface area (Å²) >= 11 is -0.171. The number of ether oxygens (including phenoxy) is 2. The van der Waals surface area contributed by atoms with Crippen molar-refractivity contribution in [3.05, 3.63) is 119 Å². The van der Waals surface area contributed by atoms with E-state index >= 15 is 0 Å². The number of carbonyl (C=O) groups is 2. The third-order valence-corrected chi connectivity index (χ3v) is 9.85. The number of rotatable bonds is 7. The van der Waals surface area contributed by atoms with Gasteiger partial charge < -0.3 is 0 Å². The molecule has 38 heavy (non-hydrogen) atoms. The Morgan fingerprint density at radius 3 is 1.84 bits per heavy atom. The average Bonchev–Trinajstić information content (AvgIpc) is 3.27. The second kappa shape index (κ2) is 10.4. The Bertz CT molecular complexity index is 1430. The van der Waals surface area contributed by atoms with Crippen LogP contribution in [0.25, 0.3) is 11.1 Å². The molecule has 0 radical (unpaired) electrons. The van der Waals surface area contributed by atoms with Crippen molar-refractivity contribution in [1.82, 2.24) is 5.32 Å². The fourth-order valence-electron chi connectivity index (χ4n) is 5.20. The number of benzene rings is 4. The van der Waals surface area contributed by atoms with Gasteiger partial charge >= 0.3 is 227 Å². The molecule has 1 aliphatic heterocycles. The summed E-state index contributed by atoms with van der Waals surface area (Å²) in [5.41, 5.74) is 6.57. The first kappa shape index (κ1) is 24.3. The van der Waals surface area contributed by atoms with E-state index in [0.717, 1.165) is 44.9 Å². The maximum atomic E-state index is 12.8. The summed E-state index contributed by atoms with van der Waals surface area (Å²) in [5, 5.41) is 12.8. The first-order valence-corrected chi connectivity index (χ1v) is 14.6. The Labute approximate surface area is 226 Å². The molecule has 0 fully saturated rings. The quantitative estimate of drug-likeness (QED) is 0.267. The van der Waals surface area contributed by atoms with Crippen molar-refractivity contribution in [2.24, 2.45) is 0 Å². The number of alkyl carbamates (subject to hydrolysis) is 1. The first-order valence-electron chi connectivity index (χ1n) is 12.4. The number of amides is 1. The van der Waals surface area contributed by atoms with Gasteiger partial charge in [-0.3, -0.25) is 0 Å². The van der Waals surface area contributed by atoms with Crippen LogP contribution in [0.5, 0.6) is 11.5 Å². The van der Waals surface area contributed by atoms with Crippen LogP contribution in [0.3, 0.4) is 0 Å². The van der Waals surface area contributed by atoms with Gasteiger partial charge in [-0.15, -0.1) is 0 Å². The minimum atomic E-state index is -1.07. The molecule has 1 amide bonds. The van der Waals surface area contributed by atoms with E-state index in [4.69, 9.17) is 9.47 Å². The number of para-hydroxylation sites is 2. The molecule has 4 aromatic carbocycles. The second-order valence-electron chi connectivity index (χ2n) is 9.25. The van der Waals surface area contributed by atoms with Crippen molar-refractivity contribution in [2.75, 3.05) is 6.61 Å². The molecule has 2 aliphatic rings. The topological polar surface area (TPSA) is 84.9 Å². The fraction of sp³-hybridized carbons (Fsp3) is 0.161. The Hall–Kier alpha value is -4.06. The predicted octanol–water partition coefficient (Wildman–Crippen LogP) is 6.00. The maximum absolute atomic E-state index is 12.8. The van der Waals surface area contributed by atoms with Crippen molar-refractivity contribution in [1.29, 1.82) is 0 Å². The van der Waals surface area contributed by atoms with Crippen LogP contribution in [0.1, 0.15) is 33.0 Å². The molecule has 6 nitrogen and oxygen atoms in total. The summed E-state index contributed by atoms with van der Waals surface area (Å²) in [4.78, 5) is 24.9. The number of carbonyl (C=O) groups excluding carboxylic acids is 1. The molecule has 0 bridgehead atoms. The zero-order chi connectivity index (χ0) is 26.1. The van der Waals surface area contributed by atoms with Crippen LogP contribution >= 0.6 is 0 Å². The normalized spacial score (nSPS) is 14.3. The standard InChI is InChI=1S/C31H25NO5Se/c33-30(34)26(18-38-29-23-13-5-7-15-27(23)37-28-16-8-6-14-24(28)29)32-31(35)36-17-25-21-11-3-1-9-19(21)20-10-2-4-12-22(20)25/h1-16,25-26,29H,17-18H2,(H,32,35)(H,33,34). The van der Waals surface area contributed by atoms with Crippen molar-refractivity contribution in [3.8, 4) is 22.6 Å². The van der Waals surface area contributed by atoms with E-state index in [1.165, 1.54) is 0 Å². The number of nitrogens with one attached hydrogen (secondary N) is 1. The number of hydrogen-bond acceptors (Lipinski definition) is 4. The van der Waals surface area contributed by atoms with Gasteiger partial charge in [0.25, 0.3) is 0 Å². The van der Waals surface area contributed by atoms with E-state index in [1.807, 2.05) is 84.9 Å². The van der Waals surface area contributed by atoms with Crippen molar-refractivity contribution in [3.63, 3.8) is 0 Å². The summed E-state index contributed by atoms with van der Waals surface area (Å²) in [6, 6.07) is 30.8. The van der Waals surface area contributed by atoms with E-state index in [1.54, 1.807) is 0 Å². The zero-order valence-electron chi connectivity index (χ0n) is 20.4. The van der Waals surface area contributed by atoms with E-state index < -0.39 is 18.1 Å². The Morgan fingerprint density at radius 2 is 1.29 bits per heavy atom. The predicted molar refractivity (Wildman–Crippen MR) is 145 cm³/mol. The molecule has 190 valence electrons. The van der Waals surface area contributed by atoms with Gasteiger partial charge in [0.15, 0.2) is 0 Å². The molecule has 6 rings (SSSR count). The van der Waals surface area contributed by atoms with Gasteiger partial charge in [-0.25, -0.2) is 0 Å². The fourth-order valence-corrected chi connectivity index (χ4v) is 8.05. The molecule has 4 aromatic rings. The summed E-state index contributed by atoms with van der Waals surface area (Å²) in [6.45, 7) is 0.137. The molecule has 2 N–H and O–H groups in total. The van der Waals surface area contributed by atoms with Gasteiger partial charge in [0.05, 0.1) is 0 Å². The molecule has 1 unspecified atom stereocenters. The number of carboxylic acids is 1. The van der Waals surface area contributed by atoms with Gasteiger partial charge in [-0.1, -0.05) is 0 Å². The van der Waals surface area contributed by atoms with Crippen molar-refractivity contribution in [2.45, 2.75) is 22.1 Å². The second-order valence-corrected chi connectivity index (χ2v) is 11.6. The van der Waals surface area contributed by atoms with E-state index in [0.29, 0.717) is 5.32 Å². The van der Waals surface area contributed by atoms with Gasteiger partial charge in [0, 0.05) is 0 Å². The molecular formula is C31H25NO5Se.